The Balaban J connectivity index is 3.09. The smallest absolute Gasteiger partial charge is 0.265 e. The van der Waals surface area contributed by atoms with E-state index in [0.717, 1.165) is 12.1 Å². The van der Waals surface area contributed by atoms with E-state index in [9.17, 15) is 21.6 Å². The second-order valence-corrected chi connectivity index (χ2v) is 4.21. The first-order valence-corrected chi connectivity index (χ1v) is 5.25. The Bertz CT molecular complexity index is 478. The van der Waals surface area contributed by atoms with Crippen molar-refractivity contribution in [2.75, 3.05) is 0 Å². The van der Waals surface area contributed by atoms with Crippen LogP contribution in [0.2, 0.25) is 0 Å². The highest BCUT2D eigenvalue weighted by molar-refractivity contribution is 7.86. The van der Waals surface area contributed by atoms with Crippen molar-refractivity contribution in [3.63, 3.8) is 0 Å². The SMILES string of the molecule is C=NOS(=O)(=O)c1ccc(C(F)(F)F)cc1. The van der Waals surface area contributed by atoms with E-state index in [-0.39, 0.29) is 0 Å². The van der Waals surface area contributed by atoms with Crippen LogP contribution in [0.3, 0.4) is 0 Å². The molecule has 16 heavy (non-hydrogen) atoms. The monoisotopic (exact) mass is 253 g/mol. The third-order valence-corrected chi connectivity index (χ3v) is 2.77. The summed E-state index contributed by atoms with van der Waals surface area (Å²) in [7, 11) is -4.17. The van der Waals surface area contributed by atoms with Gasteiger partial charge in [-0.05, 0) is 24.3 Å². The minimum absolute atomic E-state index is 0.423. The normalized spacial score (nSPS) is 12.2. The molecule has 0 aliphatic carbocycles. The standard InChI is InChI=1S/C8H6F3NO3S/c1-12-15-16(13,14)7-4-2-6(3-5-7)8(9,10)11/h2-5H,1H2. The molecule has 0 amide bonds. The number of benzene rings is 1. The fourth-order valence-corrected chi connectivity index (χ4v) is 1.62. The van der Waals surface area contributed by atoms with Crippen molar-refractivity contribution in [3.8, 4) is 0 Å². The van der Waals surface area contributed by atoms with Crippen LogP contribution in [0.5, 0.6) is 0 Å². The molecule has 1 aromatic rings. The highest BCUT2D eigenvalue weighted by Gasteiger charge is 2.30. The molecule has 0 saturated heterocycles. The number of hydrogen-bond acceptors (Lipinski definition) is 4. The van der Waals surface area contributed by atoms with E-state index in [1.807, 2.05) is 0 Å². The van der Waals surface area contributed by atoms with Crippen molar-refractivity contribution in [2.45, 2.75) is 11.1 Å². The van der Waals surface area contributed by atoms with Crippen LogP contribution in [-0.2, 0) is 20.6 Å². The zero-order valence-electron chi connectivity index (χ0n) is 7.73. The molecule has 0 aromatic heterocycles. The summed E-state index contributed by atoms with van der Waals surface area (Å²) in [5.74, 6) is 0. The van der Waals surface area contributed by atoms with E-state index < -0.39 is 26.8 Å². The molecule has 4 nitrogen and oxygen atoms in total. The molecule has 0 fully saturated rings. The van der Waals surface area contributed by atoms with E-state index in [2.05, 4.69) is 16.2 Å². The Hall–Kier alpha value is -1.57. The number of alkyl halides is 3. The predicted octanol–water partition coefficient (Wildman–Crippen LogP) is 2.03. The van der Waals surface area contributed by atoms with Crippen molar-refractivity contribution < 1.29 is 25.9 Å². The lowest BCUT2D eigenvalue weighted by atomic mass is 10.2. The largest absolute Gasteiger partial charge is 0.416 e. The van der Waals surface area contributed by atoms with Gasteiger partial charge in [0.15, 0.2) is 0 Å². The van der Waals surface area contributed by atoms with Crippen LogP contribution >= 0.6 is 0 Å². The van der Waals surface area contributed by atoms with Crippen molar-refractivity contribution in [3.05, 3.63) is 29.8 Å². The number of nitrogens with zero attached hydrogens (tertiary/aromatic N) is 1. The first-order chi connectivity index (χ1) is 7.27. The van der Waals surface area contributed by atoms with Gasteiger partial charge in [-0.25, -0.2) is 0 Å². The van der Waals surface area contributed by atoms with Crippen LogP contribution in [0.1, 0.15) is 5.56 Å². The summed E-state index contributed by atoms with van der Waals surface area (Å²) in [5, 5.41) is 2.69. The Morgan fingerprint density at radius 2 is 1.69 bits per heavy atom. The van der Waals surface area contributed by atoms with Gasteiger partial charge in [-0.3, -0.25) is 4.28 Å². The lowest BCUT2D eigenvalue weighted by Gasteiger charge is -2.06. The predicted molar refractivity (Wildman–Crippen MR) is 49.3 cm³/mol. The van der Waals surface area contributed by atoms with Gasteiger partial charge in [-0.2, -0.15) is 21.6 Å². The number of halogens is 3. The average molecular weight is 253 g/mol. The van der Waals surface area contributed by atoms with Crippen LogP contribution in [0.15, 0.2) is 34.3 Å². The quantitative estimate of drug-likeness (QED) is 0.611. The first kappa shape index (κ1) is 12.5. The van der Waals surface area contributed by atoms with Crippen LogP contribution in [0, 0.1) is 0 Å². The maximum absolute atomic E-state index is 12.2. The molecule has 1 aromatic carbocycles. The van der Waals surface area contributed by atoms with Crippen LogP contribution < -0.4 is 0 Å². The summed E-state index contributed by atoms with van der Waals surface area (Å²) >= 11 is 0. The first-order valence-electron chi connectivity index (χ1n) is 3.84. The molecule has 8 heteroatoms. The molecule has 0 N–H and O–H groups in total. The fraction of sp³-hybridized carbons (Fsp3) is 0.125. The number of oxime groups is 1. The highest BCUT2D eigenvalue weighted by Crippen LogP contribution is 2.29. The molecular formula is C8H6F3NO3S. The third kappa shape index (κ3) is 2.72. The minimum atomic E-state index is -4.51. The zero-order chi connectivity index (χ0) is 12.4. The van der Waals surface area contributed by atoms with Crippen molar-refractivity contribution >= 4 is 16.8 Å². The third-order valence-electron chi connectivity index (χ3n) is 1.62. The van der Waals surface area contributed by atoms with Crippen LogP contribution in [0.25, 0.3) is 0 Å². The minimum Gasteiger partial charge on any atom is -0.265 e. The van der Waals surface area contributed by atoms with Gasteiger partial charge in [0.2, 0.25) is 0 Å². The van der Waals surface area contributed by atoms with E-state index in [1.165, 1.54) is 0 Å². The number of rotatable bonds is 3. The topological polar surface area (TPSA) is 55.7 Å². The molecule has 0 unspecified atom stereocenters. The second kappa shape index (κ2) is 4.12. The van der Waals surface area contributed by atoms with Crippen molar-refractivity contribution in [1.29, 1.82) is 0 Å². The zero-order valence-corrected chi connectivity index (χ0v) is 8.55. The molecule has 0 bridgehead atoms. The number of hydrogen-bond donors (Lipinski definition) is 0. The van der Waals surface area contributed by atoms with Gasteiger partial charge in [0.1, 0.15) is 4.90 Å². The Morgan fingerprint density at radius 1 is 1.19 bits per heavy atom. The Labute approximate surface area is 89.5 Å². The molecule has 0 radical (unpaired) electrons. The molecule has 0 aliphatic heterocycles. The van der Waals surface area contributed by atoms with Gasteiger partial charge in [-0.15, -0.1) is 0 Å². The molecule has 0 saturated carbocycles. The van der Waals surface area contributed by atoms with Gasteiger partial charge in [0, 0.05) is 6.72 Å². The lowest BCUT2D eigenvalue weighted by Crippen LogP contribution is -2.06. The Kier molecular flexibility index (Phi) is 3.22. The van der Waals surface area contributed by atoms with Crippen LogP contribution in [-0.4, -0.2) is 15.1 Å². The van der Waals surface area contributed by atoms with Crippen LogP contribution in [0.4, 0.5) is 13.2 Å². The van der Waals surface area contributed by atoms with Crippen molar-refractivity contribution in [1.82, 2.24) is 0 Å². The van der Waals surface area contributed by atoms with Gasteiger partial charge in [-0.1, -0.05) is 5.16 Å². The maximum Gasteiger partial charge on any atom is 0.416 e. The second-order valence-electron chi connectivity index (χ2n) is 2.68. The summed E-state index contributed by atoms with van der Waals surface area (Å²) in [5.41, 5.74) is -0.946. The average Bonchev–Trinajstić information content (AvgIpc) is 2.16. The summed E-state index contributed by atoms with van der Waals surface area (Å²) in [6.45, 7) is 2.80. The van der Waals surface area contributed by atoms with Gasteiger partial charge in [0.05, 0.1) is 5.56 Å². The van der Waals surface area contributed by atoms with E-state index >= 15 is 0 Å². The van der Waals surface area contributed by atoms with Gasteiger partial charge in [0.25, 0.3) is 0 Å². The molecule has 0 heterocycles. The maximum atomic E-state index is 12.2. The summed E-state index contributed by atoms with van der Waals surface area (Å²) in [4.78, 5) is -0.423. The molecule has 0 aliphatic rings. The molecular weight excluding hydrogens is 247 g/mol. The summed E-state index contributed by atoms with van der Waals surface area (Å²) in [6.07, 6.45) is -4.51. The Morgan fingerprint density at radius 3 is 2.06 bits per heavy atom. The molecule has 1 rings (SSSR count). The van der Waals surface area contributed by atoms with Crippen molar-refractivity contribution in [2.24, 2.45) is 5.16 Å². The lowest BCUT2D eigenvalue weighted by molar-refractivity contribution is -0.137. The highest BCUT2D eigenvalue weighted by atomic mass is 32.2. The summed E-state index contributed by atoms with van der Waals surface area (Å²) < 4.78 is 62.7. The summed E-state index contributed by atoms with van der Waals surface area (Å²) in [6, 6.07) is 2.84. The molecule has 88 valence electrons. The van der Waals surface area contributed by atoms with Gasteiger partial charge >= 0.3 is 16.3 Å². The van der Waals surface area contributed by atoms with E-state index in [0.29, 0.717) is 12.1 Å². The molecule has 0 spiro atoms. The molecule has 0 atom stereocenters. The van der Waals surface area contributed by atoms with E-state index in [4.69, 9.17) is 0 Å². The van der Waals surface area contributed by atoms with E-state index in [1.54, 1.807) is 0 Å². The van der Waals surface area contributed by atoms with Gasteiger partial charge < -0.3 is 0 Å². The fourth-order valence-electron chi connectivity index (χ4n) is 0.923.